The lowest BCUT2D eigenvalue weighted by molar-refractivity contribution is -0.123. The van der Waals surface area contributed by atoms with Crippen LogP contribution in [-0.4, -0.2) is 36.2 Å². The lowest BCUT2D eigenvalue weighted by atomic mass is 10.1. The van der Waals surface area contributed by atoms with E-state index in [2.05, 4.69) is 22.5 Å². The van der Waals surface area contributed by atoms with Gasteiger partial charge in [-0.2, -0.15) is 0 Å². The predicted octanol–water partition coefficient (Wildman–Crippen LogP) is 3.11. The first-order chi connectivity index (χ1) is 11.2. The van der Waals surface area contributed by atoms with Gasteiger partial charge in [-0.25, -0.2) is 4.98 Å². The Morgan fingerprint density at radius 2 is 2.17 bits per heavy atom. The molecule has 0 radical (unpaired) electrons. The van der Waals surface area contributed by atoms with Crippen molar-refractivity contribution in [1.82, 2.24) is 10.3 Å². The van der Waals surface area contributed by atoms with Crippen molar-refractivity contribution >= 4 is 34.8 Å². The Bertz CT molecular complexity index is 678. The third kappa shape index (κ3) is 4.13. The van der Waals surface area contributed by atoms with E-state index in [1.165, 1.54) is 16.2 Å². The summed E-state index contributed by atoms with van der Waals surface area (Å²) in [5, 5.41) is 6.77. The predicted molar refractivity (Wildman–Crippen MR) is 100 cm³/mol. The van der Waals surface area contributed by atoms with Crippen LogP contribution in [0.25, 0.3) is 11.3 Å². The molecule has 1 aliphatic rings. The summed E-state index contributed by atoms with van der Waals surface area (Å²) in [6, 6.07) is 9.73. The highest BCUT2D eigenvalue weighted by Gasteiger charge is 2.29. The zero-order valence-electron chi connectivity index (χ0n) is 13.7. The average Bonchev–Trinajstić information content (AvgIpc) is 2.99. The maximum Gasteiger partial charge on any atom is 0.245 e. The Morgan fingerprint density at radius 3 is 2.83 bits per heavy atom. The largest absolute Gasteiger partial charge is 0.375 e. The number of anilines is 1. The number of carbonyl (C=O) groups excluding carboxylic acids is 1. The Morgan fingerprint density at radius 1 is 1.42 bits per heavy atom. The number of aryl methyl sites for hydroxylation is 1. The molecule has 5 nitrogen and oxygen atoms in total. The quantitative estimate of drug-likeness (QED) is 0.871. The summed E-state index contributed by atoms with van der Waals surface area (Å²) in [4.78, 5) is 18.2. The van der Waals surface area contributed by atoms with Crippen LogP contribution in [0.5, 0.6) is 0 Å². The molecule has 1 aliphatic heterocycles. The standard InChI is InChI=1S/C17H21N3O2S.ClH/c1-3-13-15(12-7-5-4-6-8-12)19-17(23-13)20-16(21)14-11(2)22-10-9-18-14;/h4-8,11,14,18H,3,9-10H2,1-2H3,(H,19,20,21);1H/t11-,14+;/m1./s1. The molecule has 1 aromatic heterocycles. The fourth-order valence-electron chi connectivity index (χ4n) is 2.68. The van der Waals surface area contributed by atoms with E-state index in [1.807, 2.05) is 37.3 Å². The minimum absolute atomic E-state index is 0. The van der Waals surface area contributed by atoms with Gasteiger partial charge in [-0.3, -0.25) is 4.79 Å². The molecule has 2 N–H and O–H groups in total. The molecule has 1 amide bonds. The van der Waals surface area contributed by atoms with Crippen molar-refractivity contribution in [3.8, 4) is 11.3 Å². The molecule has 24 heavy (non-hydrogen) atoms. The van der Waals surface area contributed by atoms with Gasteiger partial charge in [0.15, 0.2) is 5.13 Å². The van der Waals surface area contributed by atoms with E-state index in [0.717, 1.165) is 17.7 Å². The maximum absolute atomic E-state index is 12.4. The van der Waals surface area contributed by atoms with E-state index in [0.29, 0.717) is 18.3 Å². The van der Waals surface area contributed by atoms with E-state index in [-0.39, 0.29) is 30.5 Å². The van der Waals surface area contributed by atoms with Crippen LogP contribution in [0.15, 0.2) is 30.3 Å². The van der Waals surface area contributed by atoms with E-state index >= 15 is 0 Å². The zero-order chi connectivity index (χ0) is 16.2. The van der Waals surface area contributed by atoms with E-state index < -0.39 is 0 Å². The van der Waals surface area contributed by atoms with Gasteiger partial charge in [0, 0.05) is 17.0 Å². The third-order valence-corrected chi connectivity index (χ3v) is 5.01. The summed E-state index contributed by atoms with van der Waals surface area (Å²) in [6.07, 6.45) is 0.752. The van der Waals surface area contributed by atoms with Crippen molar-refractivity contribution < 1.29 is 9.53 Å². The van der Waals surface area contributed by atoms with Crippen LogP contribution in [0.2, 0.25) is 0 Å². The molecule has 1 saturated heterocycles. The monoisotopic (exact) mass is 367 g/mol. The number of aromatic nitrogens is 1. The van der Waals surface area contributed by atoms with Gasteiger partial charge in [0.2, 0.25) is 5.91 Å². The first-order valence-corrected chi connectivity index (χ1v) is 8.71. The Labute approximate surface area is 152 Å². The fourth-order valence-corrected chi connectivity index (χ4v) is 3.60. The van der Waals surface area contributed by atoms with Gasteiger partial charge in [0.1, 0.15) is 6.04 Å². The maximum atomic E-state index is 12.4. The minimum atomic E-state index is -0.335. The normalized spacial score (nSPS) is 20.2. The van der Waals surface area contributed by atoms with Gasteiger partial charge in [0.25, 0.3) is 0 Å². The number of rotatable bonds is 4. The number of hydrogen-bond donors (Lipinski definition) is 2. The second-order valence-corrected chi connectivity index (χ2v) is 6.59. The van der Waals surface area contributed by atoms with Gasteiger partial charge < -0.3 is 15.4 Å². The molecular formula is C17H22ClN3O2S. The number of halogens is 1. The van der Waals surface area contributed by atoms with Gasteiger partial charge in [-0.15, -0.1) is 23.7 Å². The number of benzene rings is 1. The molecule has 2 atom stereocenters. The molecule has 0 aliphatic carbocycles. The molecule has 1 aromatic carbocycles. The topological polar surface area (TPSA) is 63.2 Å². The molecule has 2 aromatic rings. The lowest BCUT2D eigenvalue weighted by Gasteiger charge is -2.28. The van der Waals surface area contributed by atoms with E-state index in [1.54, 1.807) is 0 Å². The number of morpholine rings is 1. The Kier molecular flexibility index (Phi) is 6.74. The zero-order valence-corrected chi connectivity index (χ0v) is 15.4. The van der Waals surface area contributed by atoms with Crippen molar-refractivity contribution in [1.29, 1.82) is 0 Å². The molecule has 3 rings (SSSR count). The van der Waals surface area contributed by atoms with E-state index in [4.69, 9.17) is 4.74 Å². The molecule has 0 spiro atoms. The number of nitrogens with one attached hydrogen (secondary N) is 2. The number of thiazole rings is 1. The van der Waals surface area contributed by atoms with Crippen LogP contribution >= 0.6 is 23.7 Å². The smallest absolute Gasteiger partial charge is 0.245 e. The summed E-state index contributed by atoms with van der Waals surface area (Å²) < 4.78 is 5.53. The Hall–Kier alpha value is -1.47. The second-order valence-electron chi connectivity index (χ2n) is 5.51. The SMILES string of the molecule is CCc1sc(NC(=O)[C@H]2NCCO[C@@H]2C)nc1-c1ccccc1.Cl. The van der Waals surface area contributed by atoms with Crippen LogP contribution < -0.4 is 10.6 Å². The summed E-state index contributed by atoms with van der Waals surface area (Å²) in [6.45, 7) is 5.34. The number of ether oxygens (including phenoxy) is 1. The summed E-state index contributed by atoms with van der Waals surface area (Å²) in [5.74, 6) is -0.0896. The molecule has 7 heteroatoms. The first-order valence-electron chi connectivity index (χ1n) is 7.90. The van der Waals surface area contributed by atoms with Crippen molar-refractivity contribution in [2.75, 3.05) is 18.5 Å². The summed E-state index contributed by atoms with van der Waals surface area (Å²) in [5.41, 5.74) is 2.03. The van der Waals surface area contributed by atoms with Crippen molar-refractivity contribution in [2.24, 2.45) is 0 Å². The molecule has 0 saturated carbocycles. The van der Waals surface area contributed by atoms with Crippen molar-refractivity contribution in [2.45, 2.75) is 32.4 Å². The molecule has 130 valence electrons. The van der Waals surface area contributed by atoms with Gasteiger partial charge in [-0.1, -0.05) is 37.3 Å². The van der Waals surface area contributed by atoms with Gasteiger partial charge >= 0.3 is 0 Å². The van der Waals surface area contributed by atoms with Crippen LogP contribution in [0.4, 0.5) is 5.13 Å². The Balaban J connectivity index is 0.00000208. The summed E-state index contributed by atoms with van der Waals surface area (Å²) >= 11 is 1.54. The summed E-state index contributed by atoms with van der Waals surface area (Å²) in [7, 11) is 0. The highest BCUT2D eigenvalue weighted by Crippen LogP contribution is 2.31. The van der Waals surface area contributed by atoms with Crippen molar-refractivity contribution in [3.05, 3.63) is 35.2 Å². The molecule has 0 bridgehead atoms. The number of nitrogens with zero attached hydrogens (tertiary/aromatic N) is 1. The minimum Gasteiger partial charge on any atom is -0.375 e. The fraction of sp³-hybridized carbons (Fsp3) is 0.412. The lowest BCUT2D eigenvalue weighted by Crippen LogP contribution is -2.53. The molecular weight excluding hydrogens is 346 g/mol. The second kappa shape index (κ2) is 8.58. The van der Waals surface area contributed by atoms with Crippen molar-refractivity contribution in [3.63, 3.8) is 0 Å². The number of hydrogen-bond acceptors (Lipinski definition) is 5. The van der Waals surface area contributed by atoms with Crippen LogP contribution in [-0.2, 0) is 16.0 Å². The number of carbonyl (C=O) groups is 1. The van der Waals surface area contributed by atoms with Crippen LogP contribution in [0.3, 0.4) is 0 Å². The van der Waals surface area contributed by atoms with Crippen LogP contribution in [0, 0.1) is 0 Å². The van der Waals surface area contributed by atoms with Gasteiger partial charge in [0.05, 0.1) is 18.4 Å². The van der Waals surface area contributed by atoms with E-state index in [9.17, 15) is 4.79 Å². The van der Waals surface area contributed by atoms with Crippen LogP contribution in [0.1, 0.15) is 18.7 Å². The molecule has 1 fully saturated rings. The average molecular weight is 368 g/mol. The highest BCUT2D eigenvalue weighted by atomic mass is 35.5. The highest BCUT2D eigenvalue weighted by molar-refractivity contribution is 7.16. The molecule has 2 heterocycles. The van der Waals surface area contributed by atoms with Gasteiger partial charge in [-0.05, 0) is 13.3 Å². The number of amides is 1. The molecule has 0 unspecified atom stereocenters. The third-order valence-electron chi connectivity index (χ3n) is 3.89. The first kappa shape index (κ1) is 18.9.